The first-order valence-corrected chi connectivity index (χ1v) is 26.0. The normalized spacial score (nSPS) is 18.7. The Hall–Kier alpha value is -5.50. The zero-order valence-corrected chi connectivity index (χ0v) is 43.7. The highest BCUT2D eigenvalue weighted by atomic mass is 35.5. The molecule has 3 aliphatic heterocycles. The van der Waals surface area contributed by atoms with Gasteiger partial charge in [-0.2, -0.15) is 0 Å². The number of carbonyl (C=O) groups is 1. The fourth-order valence-corrected chi connectivity index (χ4v) is 11.0. The van der Waals surface area contributed by atoms with Crippen LogP contribution in [0.1, 0.15) is 47.5 Å². The molecule has 1 saturated heterocycles. The summed E-state index contributed by atoms with van der Waals surface area (Å²) in [4.78, 5) is 38.0. The fraction of sp³-hybridized carbons (Fsp3) is 0.426. The maximum Gasteiger partial charge on any atom is 0.345 e. The Morgan fingerprint density at radius 2 is 1.70 bits per heavy atom. The average molecular weight is 1060 g/mol. The lowest BCUT2D eigenvalue weighted by molar-refractivity contribution is -0.145. The molecule has 73 heavy (non-hydrogen) atoms. The lowest BCUT2D eigenvalue weighted by atomic mass is 9.90. The number of thiophene rings is 1. The van der Waals surface area contributed by atoms with Crippen molar-refractivity contribution in [2.75, 3.05) is 86.5 Å². The number of hydrogen-bond acceptors (Lipinski definition) is 15. The maximum atomic E-state index is 14.4. The van der Waals surface area contributed by atoms with Crippen molar-refractivity contribution in [2.24, 2.45) is 5.92 Å². The number of halogens is 3. The lowest BCUT2D eigenvalue weighted by Gasteiger charge is -2.35. The van der Waals surface area contributed by atoms with Crippen molar-refractivity contribution < 1.29 is 47.4 Å². The van der Waals surface area contributed by atoms with Crippen molar-refractivity contribution in [3.63, 3.8) is 0 Å². The van der Waals surface area contributed by atoms with Crippen LogP contribution in [0.3, 0.4) is 0 Å². The summed E-state index contributed by atoms with van der Waals surface area (Å²) in [5.74, 6) is 0.633. The number of carboxylic acid groups (broad SMARTS) is 1. The van der Waals surface area contributed by atoms with E-state index < -0.39 is 24.0 Å². The molecule has 6 heterocycles. The SMILES string of the molecule is COCCOCCOC[C@H]1CC=C(c2nccc(COc3ccc4cc3C[C@H](C(=O)O)Oc3ncnc5sc(-c6ccc(F)cc6)c(c35)-c3c(C)c(Cl)c(c(Cl)c3C)O[C@H](CN3CCN(C)CC3)CO4)n2)CC1. The van der Waals surface area contributed by atoms with E-state index in [2.05, 4.69) is 37.9 Å². The number of piperazine rings is 1. The second kappa shape index (κ2) is 24.2. The fourth-order valence-electron chi connectivity index (χ4n) is 9.35. The summed E-state index contributed by atoms with van der Waals surface area (Å²) >= 11 is 16.0. The summed E-state index contributed by atoms with van der Waals surface area (Å²) in [6, 6.07) is 13.3. The molecule has 1 fully saturated rings. The molecule has 10 rings (SSSR count). The van der Waals surface area contributed by atoms with Crippen molar-refractivity contribution in [3.05, 3.63) is 111 Å². The summed E-state index contributed by atoms with van der Waals surface area (Å²) in [7, 11) is 3.76. The minimum Gasteiger partial charge on any atom is -0.490 e. The molecule has 6 aromatic rings. The van der Waals surface area contributed by atoms with Gasteiger partial charge in [0.15, 0.2) is 11.6 Å². The van der Waals surface area contributed by atoms with E-state index >= 15 is 0 Å². The molecule has 0 radical (unpaired) electrons. The average Bonchev–Trinajstić information content (AvgIpc) is 3.78. The van der Waals surface area contributed by atoms with Gasteiger partial charge in [0.1, 0.15) is 47.8 Å². The molecule has 0 saturated carbocycles. The number of carboxylic acids is 1. The number of benzene rings is 3. The number of hydrogen-bond donors (Lipinski definition) is 1. The van der Waals surface area contributed by atoms with Crippen LogP contribution in [-0.4, -0.2) is 140 Å². The highest BCUT2D eigenvalue weighted by Crippen LogP contribution is 2.53. The van der Waals surface area contributed by atoms with E-state index in [1.165, 1.54) is 29.8 Å². The van der Waals surface area contributed by atoms with E-state index in [1.54, 1.807) is 49.7 Å². The second-order valence-corrected chi connectivity index (χ2v) is 20.3. The van der Waals surface area contributed by atoms with E-state index in [0.717, 1.165) is 51.0 Å². The number of rotatable bonds is 16. The zero-order chi connectivity index (χ0) is 51.0. The smallest absolute Gasteiger partial charge is 0.345 e. The van der Waals surface area contributed by atoms with Crippen molar-refractivity contribution in [3.8, 4) is 44.7 Å². The summed E-state index contributed by atoms with van der Waals surface area (Å²) in [5, 5.41) is 12.0. The number of allylic oxidation sites excluding steroid dienone is 2. The van der Waals surface area contributed by atoms with Crippen LogP contribution in [0.2, 0.25) is 10.0 Å². The summed E-state index contributed by atoms with van der Waals surface area (Å²) in [6.07, 6.45) is 5.73. The quantitative estimate of drug-likeness (QED) is 0.0912. The van der Waals surface area contributed by atoms with Gasteiger partial charge in [-0.1, -0.05) is 41.4 Å². The standard InChI is InChI=1S/C54H59Cl2FN6O9S/c1-32-44-33(2)48(56)49(47(32)55)71-41(27-63-19-17-62(3)18-20-63)30-69-40-13-14-42(70-29-39-15-16-58-51(61-39)36-7-5-34(6-8-36)28-68-24-23-67-22-21-66-4)37(25-40)26-43(54(64)65)72-52-46-45(44)50(73-53(46)60-31-59-52)35-9-11-38(57)12-10-35/h7,9-16,25,31,34,41,43H,5-6,8,17-24,26-30H2,1-4H3,(H,64,65)/t34-,41+,43+/m0/s1. The molecule has 386 valence electrons. The summed E-state index contributed by atoms with van der Waals surface area (Å²) in [6.45, 7) is 10.8. The predicted octanol–water partition coefficient (Wildman–Crippen LogP) is 9.78. The Morgan fingerprint density at radius 1 is 0.932 bits per heavy atom. The molecule has 0 amide bonds. The molecular formula is C54H59Cl2FN6O9S. The first-order valence-electron chi connectivity index (χ1n) is 24.5. The molecule has 1 aliphatic carbocycles. The van der Waals surface area contributed by atoms with Gasteiger partial charge < -0.3 is 43.2 Å². The van der Waals surface area contributed by atoms with E-state index in [9.17, 15) is 14.3 Å². The first kappa shape index (κ1) is 52.4. The molecule has 3 atom stereocenters. The molecule has 3 aromatic heterocycles. The third-order valence-corrected chi connectivity index (χ3v) is 15.5. The number of fused-ring (bicyclic) bond motifs is 7. The van der Waals surface area contributed by atoms with E-state index in [4.69, 9.17) is 61.3 Å². The second-order valence-electron chi connectivity index (χ2n) is 18.5. The highest BCUT2D eigenvalue weighted by Gasteiger charge is 2.32. The zero-order valence-electron chi connectivity index (χ0n) is 41.3. The van der Waals surface area contributed by atoms with Crippen LogP contribution < -0.4 is 18.9 Å². The van der Waals surface area contributed by atoms with Crippen molar-refractivity contribution >= 4 is 56.3 Å². The largest absolute Gasteiger partial charge is 0.490 e. The predicted molar refractivity (Wildman–Crippen MR) is 279 cm³/mol. The number of ether oxygens (including phenoxy) is 7. The van der Waals surface area contributed by atoms with Gasteiger partial charge in [0.25, 0.3) is 0 Å². The molecule has 15 nitrogen and oxygen atoms in total. The molecule has 19 heteroatoms. The molecule has 0 unspecified atom stereocenters. The van der Waals surface area contributed by atoms with Crippen molar-refractivity contribution in [2.45, 2.75) is 58.3 Å². The van der Waals surface area contributed by atoms with Gasteiger partial charge >= 0.3 is 5.97 Å². The van der Waals surface area contributed by atoms with Crippen LogP contribution >= 0.6 is 34.5 Å². The van der Waals surface area contributed by atoms with Gasteiger partial charge in [-0.15, -0.1) is 11.3 Å². The van der Waals surface area contributed by atoms with Gasteiger partial charge in [-0.3, -0.25) is 4.90 Å². The number of likely N-dealkylation sites (N-methyl/N-ethyl adjacent to an activating group) is 1. The first-order chi connectivity index (χ1) is 35.4. The van der Waals surface area contributed by atoms with Crippen molar-refractivity contribution in [1.29, 1.82) is 0 Å². The van der Waals surface area contributed by atoms with Crippen LogP contribution in [-0.2, 0) is 32.0 Å². The van der Waals surface area contributed by atoms with Crippen molar-refractivity contribution in [1.82, 2.24) is 29.7 Å². The topological polar surface area (TPSA) is 160 Å². The molecule has 3 aromatic carbocycles. The van der Waals surface area contributed by atoms with Crippen LogP contribution in [0.4, 0.5) is 4.39 Å². The molecule has 0 spiro atoms. The Balaban J connectivity index is 1.05. The Bertz CT molecular complexity index is 2910. The number of nitrogens with zero attached hydrogens (tertiary/aromatic N) is 6. The minimum absolute atomic E-state index is 0.0301. The van der Waals surface area contributed by atoms with Crippen LogP contribution in [0.5, 0.6) is 23.1 Å². The van der Waals surface area contributed by atoms with Gasteiger partial charge in [-0.05, 0) is 110 Å². The van der Waals surface area contributed by atoms with Crippen LogP contribution in [0.25, 0.3) is 37.4 Å². The lowest BCUT2D eigenvalue weighted by Crippen LogP contribution is -2.49. The van der Waals surface area contributed by atoms with E-state index in [1.807, 2.05) is 13.8 Å². The Labute approximate surface area is 438 Å². The van der Waals surface area contributed by atoms with E-state index in [-0.39, 0.29) is 25.5 Å². The number of aliphatic carboxylic acids is 1. The summed E-state index contributed by atoms with van der Waals surface area (Å²) in [5.41, 5.74) is 5.50. The molecule has 4 bridgehead atoms. The van der Waals surface area contributed by atoms with Gasteiger partial charge in [-0.25, -0.2) is 29.1 Å². The van der Waals surface area contributed by atoms with Gasteiger partial charge in [0.2, 0.25) is 12.0 Å². The van der Waals surface area contributed by atoms with Gasteiger partial charge in [0.05, 0.1) is 47.6 Å². The monoisotopic (exact) mass is 1060 g/mol. The maximum absolute atomic E-state index is 14.4. The third kappa shape index (κ3) is 12.5. The number of aromatic nitrogens is 4. The third-order valence-electron chi connectivity index (χ3n) is 13.4. The highest BCUT2D eigenvalue weighted by molar-refractivity contribution is 7.22. The molecule has 4 aliphatic rings. The minimum atomic E-state index is -1.47. The van der Waals surface area contributed by atoms with Crippen LogP contribution in [0, 0.1) is 25.6 Å². The van der Waals surface area contributed by atoms with Crippen LogP contribution in [0.15, 0.2) is 67.1 Å². The Kier molecular flexibility index (Phi) is 17.4. The van der Waals surface area contributed by atoms with Gasteiger partial charge in [0, 0.05) is 75.1 Å². The Morgan fingerprint density at radius 3 is 2.44 bits per heavy atom. The molecular weight excluding hydrogens is 999 g/mol. The molecule has 1 N–H and O–H groups in total. The van der Waals surface area contributed by atoms with E-state index in [0.29, 0.717) is 133 Å². The number of methoxy groups -OCH3 is 1. The summed E-state index contributed by atoms with van der Waals surface area (Å²) < 4.78 is 57.3.